The predicted octanol–water partition coefficient (Wildman–Crippen LogP) is 25.1. The molecule has 18 aromatic rings. The molecule has 2 spiro atoms. The van der Waals surface area contributed by atoms with Gasteiger partial charge in [0.15, 0.2) is 34.8 Å². The summed E-state index contributed by atoms with van der Waals surface area (Å²) in [5.41, 5.74) is 19.3. The topological polar surface area (TPSA) is 95.8 Å². The van der Waals surface area contributed by atoms with Crippen LogP contribution in [0.1, 0.15) is 72.2 Å². The first-order valence-electron chi connectivity index (χ1n) is 38.6. The van der Waals surface area contributed by atoms with Gasteiger partial charge in [-0.05, 0) is 162 Å². The standard InChI is InChI=1S/C48H29N3S.C29H26BN3O2.C25H15BrS/c1-3-18-32-30(14-1)16-11-21-34(32)45-49-46(35-22-12-17-31-15-2-4-19-33(31)35)51-47(50-45)37-23-13-27-41-44(37)36-20-5-6-24-38(36)48(41)39-25-7-9-28-42(39)52-43-29-10-8-26-40(43)48;1-28(2)29(3,4)35-30(34-28)27-32-25(23-17-9-13-19-11-5-7-15-21(19)23)31-26(33-27)24-18-10-14-20-12-6-8-16-22(20)24;26-21-13-7-12-20-24(21)16-8-1-2-9-17(16)25(20)18-10-3-5-14-22(18)27-23-15-6-4-11-19(23)25/h1-29H;5-18H,1-4H3;1-15H. The number of hydrogen-bond donors (Lipinski definition) is 0. The summed E-state index contributed by atoms with van der Waals surface area (Å²) < 4.78 is 13.8. The number of hydrogen-bond acceptors (Lipinski definition) is 10. The lowest BCUT2D eigenvalue weighted by molar-refractivity contribution is 0.00578. The van der Waals surface area contributed by atoms with E-state index in [2.05, 4.69) is 331 Å². The number of aromatic nitrogens is 6. The monoisotopic (exact) mass is 1560 g/mol. The highest BCUT2D eigenvalue weighted by molar-refractivity contribution is 9.10. The van der Waals surface area contributed by atoms with Crippen LogP contribution in [-0.4, -0.2) is 48.2 Å². The summed E-state index contributed by atoms with van der Waals surface area (Å²) in [6.45, 7) is 8.13. The molecular weight excluding hydrogens is 1500 g/mol. The molecule has 3 aliphatic heterocycles. The summed E-state index contributed by atoms with van der Waals surface area (Å²) in [4.78, 5) is 36.1. The molecule has 0 amide bonds. The van der Waals surface area contributed by atoms with Gasteiger partial charge >= 0.3 is 7.12 Å². The van der Waals surface area contributed by atoms with Gasteiger partial charge in [0.25, 0.3) is 0 Å². The van der Waals surface area contributed by atoms with E-state index in [9.17, 15) is 0 Å². The fraction of sp³-hybridized carbons (Fsp3) is 0.0784. The van der Waals surface area contributed by atoms with E-state index >= 15 is 0 Å². The van der Waals surface area contributed by atoms with Gasteiger partial charge in [0, 0.05) is 57.4 Å². The van der Waals surface area contributed by atoms with E-state index in [0.717, 1.165) is 75.4 Å². The van der Waals surface area contributed by atoms with Crippen LogP contribution in [0.3, 0.4) is 0 Å². The van der Waals surface area contributed by atoms with Crippen LogP contribution in [0, 0.1) is 0 Å². The highest BCUT2D eigenvalue weighted by atomic mass is 79.9. The van der Waals surface area contributed by atoms with Gasteiger partial charge in [-0.15, -0.1) is 0 Å². The van der Waals surface area contributed by atoms with Crippen molar-refractivity contribution in [2.75, 3.05) is 0 Å². The smallest absolute Gasteiger partial charge is 0.397 e. The molecule has 0 N–H and O–H groups in total. The number of fused-ring (bicyclic) bond motifs is 22. The fourth-order valence-electron chi connectivity index (χ4n) is 18.1. The second kappa shape index (κ2) is 27.5. The van der Waals surface area contributed by atoms with Gasteiger partial charge in [-0.25, -0.2) is 29.9 Å². The minimum absolute atomic E-state index is 0.256. The highest BCUT2D eigenvalue weighted by Gasteiger charge is 2.55. The molecule has 0 atom stereocenters. The van der Waals surface area contributed by atoms with Crippen LogP contribution in [0.15, 0.2) is 376 Å². The van der Waals surface area contributed by atoms with Gasteiger partial charge in [-0.2, -0.15) is 0 Å². The average molecular weight is 1570 g/mol. The molecular formula is C102H70BBrN6O2S2. The summed E-state index contributed by atoms with van der Waals surface area (Å²) in [5, 5.41) is 8.97. The Morgan fingerprint density at radius 3 is 0.886 bits per heavy atom. The Labute approximate surface area is 678 Å². The predicted molar refractivity (Wildman–Crippen MR) is 470 cm³/mol. The van der Waals surface area contributed by atoms with Gasteiger partial charge in [0.2, 0.25) is 0 Å². The molecule has 542 valence electrons. The maximum absolute atomic E-state index is 6.33. The van der Waals surface area contributed by atoms with Crippen LogP contribution >= 0.6 is 39.5 Å². The summed E-state index contributed by atoms with van der Waals surface area (Å²) in [7, 11) is -0.689. The number of nitrogens with zero attached hydrogens (tertiary/aromatic N) is 6. The summed E-state index contributed by atoms with van der Waals surface area (Å²) in [6.07, 6.45) is 0. The zero-order valence-electron chi connectivity index (χ0n) is 62.8. The summed E-state index contributed by atoms with van der Waals surface area (Å²) >= 11 is 7.59. The van der Waals surface area contributed by atoms with Crippen molar-refractivity contribution in [1.82, 2.24) is 29.9 Å². The molecule has 0 radical (unpaired) electrons. The molecule has 2 aliphatic carbocycles. The molecule has 1 saturated heterocycles. The molecule has 8 nitrogen and oxygen atoms in total. The van der Waals surface area contributed by atoms with Crippen molar-refractivity contribution in [3.05, 3.63) is 401 Å². The second-order valence-corrected chi connectivity index (χ2v) is 33.5. The first-order chi connectivity index (χ1) is 55.9. The van der Waals surface area contributed by atoms with Crippen LogP contribution in [-0.2, 0) is 20.1 Å². The van der Waals surface area contributed by atoms with Crippen molar-refractivity contribution in [2.24, 2.45) is 0 Å². The van der Waals surface area contributed by atoms with E-state index in [4.69, 9.17) is 39.2 Å². The van der Waals surface area contributed by atoms with Crippen LogP contribution < -0.4 is 5.72 Å². The lowest BCUT2D eigenvalue weighted by Crippen LogP contribution is -2.41. The lowest BCUT2D eigenvalue weighted by atomic mass is 9.67. The first kappa shape index (κ1) is 69.7. The number of benzene rings is 16. The van der Waals surface area contributed by atoms with Crippen LogP contribution in [0.25, 0.3) is 122 Å². The Kier molecular flexibility index (Phi) is 16.8. The number of rotatable bonds is 6. The van der Waals surface area contributed by atoms with Crippen LogP contribution in [0.2, 0.25) is 0 Å². The van der Waals surface area contributed by atoms with Crippen molar-refractivity contribution in [1.29, 1.82) is 0 Å². The lowest BCUT2D eigenvalue weighted by Gasteiger charge is -2.39. The van der Waals surface area contributed by atoms with Crippen LogP contribution in [0.4, 0.5) is 0 Å². The third kappa shape index (κ3) is 11.0. The summed E-state index contributed by atoms with van der Waals surface area (Å²) in [5.74, 6) is 3.19. The number of halogens is 1. The SMILES string of the molecule is Brc1cccc2c1-c1ccccc1C21c2ccccc2Sc2ccccc21.CC1(C)OB(c2nc(-c3cccc4ccccc34)nc(-c3cccc4ccccc34)n2)OC1(C)C.c1ccc2c(c1)Sc1ccccc1C21c2ccccc2-c2c(-c3nc(-c4cccc5ccccc45)nc(-c4cccc5ccccc45)n3)cccc21. The molecule has 5 aliphatic rings. The minimum atomic E-state index is -0.689. The fourth-order valence-corrected chi connectivity index (χ4v) is 21.0. The van der Waals surface area contributed by atoms with E-state index < -0.39 is 23.7 Å². The van der Waals surface area contributed by atoms with Crippen molar-refractivity contribution < 1.29 is 9.31 Å². The Hall–Kier alpha value is -12.3. The molecule has 0 unspecified atom stereocenters. The third-order valence-electron chi connectivity index (χ3n) is 23.8. The average Bonchev–Trinajstić information content (AvgIpc) is 1.53. The van der Waals surface area contributed by atoms with Crippen LogP contribution in [0.5, 0.6) is 0 Å². The third-order valence-corrected chi connectivity index (χ3v) is 26.8. The molecule has 0 bridgehead atoms. The first-order valence-corrected chi connectivity index (χ1v) is 41.0. The maximum atomic E-state index is 6.33. The zero-order chi connectivity index (χ0) is 76.4. The van der Waals surface area contributed by atoms with E-state index in [1.54, 1.807) is 0 Å². The normalized spacial score (nSPS) is 14.8. The van der Waals surface area contributed by atoms with Crippen molar-refractivity contribution in [3.63, 3.8) is 0 Å². The van der Waals surface area contributed by atoms with Gasteiger partial charge in [-0.1, -0.05) is 361 Å². The maximum Gasteiger partial charge on any atom is 0.534 e. The molecule has 12 heteroatoms. The van der Waals surface area contributed by atoms with Gasteiger partial charge < -0.3 is 9.31 Å². The molecule has 5 heterocycles. The molecule has 2 aromatic heterocycles. The Bertz CT molecular complexity index is 6660. The van der Waals surface area contributed by atoms with Gasteiger partial charge in [0.05, 0.1) is 22.0 Å². The minimum Gasteiger partial charge on any atom is -0.397 e. The molecule has 1 fully saturated rings. The molecule has 23 rings (SSSR count). The summed E-state index contributed by atoms with van der Waals surface area (Å²) in [6, 6.07) is 125. The van der Waals surface area contributed by atoms with Gasteiger partial charge in [-0.3, -0.25) is 0 Å². The van der Waals surface area contributed by atoms with E-state index in [0.29, 0.717) is 34.8 Å². The zero-order valence-corrected chi connectivity index (χ0v) is 66.0. The van der Waals surface area contributed by atoms with Crippen molar-refractivity contribution in [2.45, 2.75) is 69.3 Å². The molecule has 114 heavy (non-hydrogen) atoms. The Morgan fingerprint density at radius 1 is 0.246 bits per heavy atom. The largest absolute Gasteiger partial charge is 0.534 e. The van der Waals surface area contributed by atoms with Gasteiger partial charge in [0.1, 0.15) is 0 Å². The quantitative estimate of drug-likeness (QED) is 0.150. The Morgan fingerprint density at radius 2 is 0.500 bits per heavy atom. The van der Waals surface area contributed by atoms with E-state index in [-0.39, 0.29) is 5.41 Å². The van der Waals surface area contributed by atoms with Crippen molar-refractivity contribution in [3.8, 4) is 79.2 Å². The molecule has 16 aromatic carbocycles. The molecule has 0 saturated carbocycles. The highest BCUT2D eigenvalue weighted by Crippen LogP contribution is 2.65. The Balaban J connectivity index is 0.000000114. The second-order valence-electron chi connectivity index (χ2n) is 30.5. The van der Waals surface area contributed by atoms with E-state index in [1.165, 1.54) is 86.3 Å². The van der Waals surface area contributed by atoms with E-state index in [1.807, 2.05) is 87.6 Å². The van der Waals surface area contributed by atoms with Crippen molar-refractivity contribution >= 4 is 95.4 Å².